The second kappa shape index (κ2) is 4.49. The Bertz CT molecular complexity index is 331. The maximum Gasteiger partial charge on any atom is 0.310 e. The van der Waals surface area contributed by atoms with Gasteiger partial charge >= 0.3 is 5.97 Å². The lowest BCUT2D eigenvalue weighted by Crippen LogP contribution is -2.50. The summed E-state index contributed by atoms with van der Waals surface area (Å²) < 4.78 is 5.28. The molecule has 0 amide bonds. The van der Waals surface area contributed by atoms with Crippen LogP contribution in [0.3, 0.4) is 0 Å². The molecule has 4 nitrogen and oxygen atoms in total. The Kier molecular flexibility index (Phi) is 3.10. The molecule has 2 bridgehead atoms. The van der Waals surface area contributed by atoms with Gasteiger partial charge < -0.3 is 15.0 Å². The van der Waals surface area contributed by atoms with Crippen LogP contribution in [0.5, 0.6) is 0 Å². The van der Waals surface area contributed by atoms with E-state index in [1.54, 1.807) is 0 Å². The maximum absolute atomic E-state index is 12.2. The molecule has 3 atom stereocenters. The summed E-state index contributed by atoms with van der Waals surface area (Å²) in [6, 6.07) is 1.36. The van der Waals surface area contributed by atoms with Crippen molar-refractivity contribution in [1.82, 2.24) is 10.2 Å². The summed E-state index contributed by atoms with van der Waals surface area (Å²) >= 11 is 0. The van der Waals surface area contributed by atoms with Crippen LogP contribution in [0.1, 0.15) is 32.6 Å². The molecule has 3 saturated heterocycles. The highest BCUT2D eigenvalue weighted by molar-refractivity contribution is 5.74. The molecule has 3 rings (SSSR count). The summed E-state index contributed by atoms with van der Waals surface area (Å²) in [5.41, 5.74) is 0.171. The van der Waals surface area contributed by atoms with Gasteiger partial charge in [0.15, 0.2) is 0 Å². The topological polar surface area (TPSA) is 41.6 Å². The van der Waals surface area contributed by atoms with Gasteiger partial charge in [0.1, 0.15) is 0 Å². The quantitative estimate of drug-likeness (QED) is 0.745. The normalized spacial score (nSPS) is 43.6. The van der Waals surface area contributed by atoms with Crippen LogP contribution in [0.25, 0.3) is 0 Å². The van der Waals surface area contributed by atoms with Gasteiger partial charge in [-0.25, -0.2) is 0 Å². The third-order valence-electron chi connectivity index (χ3n) is 5.41. The van der Waals surface area contributed by atoms with E-state index >= 15 is 0 Å². The Morgan fingerprint density at radius 1 is 1.39 bits per heavy atom. The zero-order valence-corrected chi connectivity index (χ0v) is 11.4. The number of carbonyl (C=O) groups excluding carboxylic acids is 1. The SMILES string of the molecule is CCOC(=O)C1CNCC12CC1CCC(C2)N1C. The summed E-state index contributed by atoms with van der Waals surface area (Å²) in [7, 11) is 2.25. The smallest absolute Gasteiger partial charge is 0.310 e. The van der Waals surface area contributed by atoms with Crippen molar-refractivity contribution in [3.8, 4) is 0 Å². The molecule has 3 fully saturated rings. The van der Waals surface area contributed by atoms with Gasteiger partial charge in [-0.15, -0.1) is 0 Å². The molecule has 0 aromatic carbocycles. The van der Waals surface area contributed by atoms with E-state index in [1.165, 1.54) is 12.8 Å². The highest BCUT2D eigenvalue weighted by Gasteiger charge is 2.55. The Balaban J connectivity index is 1.79. The van der Waals surface area contributed by atoms with Crippen molar-refractivity contribution < 1.29 is 9.53 Å². The average molecular weight is 252 g/mol. The van der Waals surface area contributed by atoms with Gasteiger partial charge in [0.05, 0.1) is 12.5 Å². The molecule has 102 valence electrons. The van der Waals surface area contributed by atoms with E-state index in [0.29, 0.717) is 18.7 Å². The fraction of sp³-hybridized carbons (Fsp3) is 0.929. The summed E-state index contributed by atoms with van der Waals surface area (Å²) in [5.74, 6) is 0.0979. The zero-order chi connectivity index (χ0) is 12.8. The monoisotopic (exact) mass is 252 g/mol. The number of nitrogens with one attached hydrogen (secondary N) is 1. The minimum Gasteiger partial charge on any atom is -0.466 e. The van der Waals surface area contributed by atoms with Gasteiger partial charge in [0.2, 0.25) is 0 Å². The van der Waals surface area contributed by atoms with E-state index in [2.05, 4.69) is 17.3 Å². The van der Waals surface area contributed by atoms with E-state index in [9.17, 15) is 4.79 Å². The number of carbonyl (C=O) groups is 1. The fourth-order valence-corrected chi connectivity index (χ4v) is 4.41. The lowest BCUT2D eigenvalue weighted by atomic mass is 9.68. The molecule has 3 aliphatic rings. The molecule has 0 aromatic heterocycles. The molecule has 1 spiro atoms. The Labute approximate surface area is 109 Å². The lowest BCUT2D eigenvalue weighted by molar-refractivity contribution is -0.152. The first-order chi connectivity index (χ1) is 8.66. The summed E-state index contributed by atoms with van der Waals surface area (Å²) in [6.07, 6.45) is 4.93. The van der Waals surface area contributed by atoms with E-state index in [4.69, 9.17) is 4.74 Å². The first-order valence-electron chi connectivity index (χ1n) is 7.25. The second-order valence-corrected chi connectivity index (χ2v) is 6.26. The van der Waals surface area contributed by atoms with Crippen molar-refractivity contribution in [3.63, 3.8) is 0 Å². The van der Waals surface area contributed by atoms with Crippen molar-refractivity contribution in [2.75, 3.05) is 26.7 Å². The van der Waals surface area contributed by atoms with E-state index in [0.717, 1.165) is 25.9 Å². The largest absolute Gasteiger partial charge is 0.466 e. The number of piperidine rings is 1. The standard InChI is InChI=1S/C14H24N2O2/c1-3-18-13(17)12-8-15-9-14(12)6-10-4-5-11(7-14)16(10)2/h10-12,15H,3-9H2,1-2H3. The van der Waals surface area contributed by atoms with Crippen LogP contribution in [-0.4, -0.2) is 49.7 Å². The van der Waals surface area contributed by atoms with Crippen LogP contribution in [-0.2, 0) is 9.53 Å². The molecule has 0 saturated carbocycles. The number of rotatable bonds is 2. The van der Waals surface area contributed by atoms with Crippen LogP contribution >= 0.6 is 0 Å². The molecule has 4 heteroatoms. The molecule has 3 aliphatic heterocycles. The summed E-state index contributed by atoms with van der Waals surface area (Å²) in [5, 5.41) is 3.44. The van der Waals surface area contributed by atoms with Crippen molar-refractivity contribution in [2.24, 2.45) is 11.3 Å². The molecule has 0 aromatic rings. The number of hydrogen-bond acceptors (Lipinski definition) is 4. The molecular weight excluding hydrogens is 228 g/mol. The molecule has 1 N–H and O–H groups in total. The molecule has 18 heavy (non-hydrogen) atoms. The minimum atomic E-state index is 0.0199. The van der Waals surface area contributed by atoms with Gasteiger partial charge in [0.25, 0.3) is 0 Å². The first-order valence-corrected chi connectivity index (χ1v) is 7.25. The lowest BCUT2D eigenvalue weighted by Gasteiger charge is -2.45. The number of esters is 1. The Hall–Kier alpha value is -0.610. The molecule has 0 aliphatic carbocycles. The number of hydrogen-bond donors (Lipinski definition) is 1. The van der Waals surface area contributed by atoms with Gasteiger partial charge in [-0.3, -0.25) is 4.79 Å². The molecule has 0 radical (unpaired) electrons. The highest BCUT2D eigenvalue weighted by atomic mass is 16.5. The van der Waals surface area contributed by atoms with Crippen LogP contribution in [0.15, 0.2) is 0 Å². The number of ether oxygens (including phenoxy) is 1. The van der Waals surface area contributed by atoms with E-state index in [-0.39, 0.29) is 17.3 Å². The summed E-state index contributed by atoms with van der Waals surface area (Å²) in [6.45, 7) is 4.20. The van der Waals surface area contributed by atoms with Crippen molar-refractivity contribution in [1.29, 1.82) is 0 Å². The van der Waals surface area contributed by atoms with E-state index < -0.39 is 0 Å². The van der Waals surface area contributed by atoms with Gasteiger partial charge in [-0.05, 0) is 39.7 Å². The second-order valence-electron chi connectivity index (χ2n) is 6.26. The molecule has 3 heterocycles. The maximum atomic E-state index is 12.2. The number of nitrogens with zero attached hydrogens (tertiary/aromatic N) is 1. The van der Waals surface area contributed by atoms with Crippen molar-refractivity contribution >= 4 is 5.97 Å². The predicted octanol–water partition coefficient (Wildman–Crippen LogP) is 1.01. The van der Waals surface area contributed by atoms with Gasteiger partial charge in [-0.1, -0.05) is 0 Å². The van der Waals surface area contributed by atoms with Crippen LogP contribution < -0.4 is 5.32 Å². The Morgan fingerprint density at radius 3 is 2.67 bits per heavy atom. The molecule has 3 unspecified atom stereocenters. The third-order valence-corrected chi connectivity index (χ3v) is 5.41. The van der Waals surface area contributed by atoms with Crippen molar-refractivity contribution in [2.45, 2.75) is 44.7 Å². The highest BCUT2D eigenvalue weighted by Crippen LogP contribution is 2.50. The number of fused-ring (bicyclic) bond motifs is 2. The van der Waals surface area contributed by atoms with E-state index in [1.807, 2.05) is 6.92 Å². The van der Waals surface area contributed by atoms with Gasteiger partial charge in [-0.2, -0.15) is 0 Å². The minimum absolute atomic E-state index is 0.0199. The van der Waals surface area contributed by atoms with Gasteiger partial charge in [0, 0.05) is 30.6 Å². The van der Waals surface area contributed by atoms with Crippen LogP contribution in [0.2, 0.25) is 0 Å². The predicted molar refractivity (Wildman–Crippen MR) is 69.2 cm³/mol. The zero-order valence-electron chi connectivity index (χ0n) is 11.4. The fourth-order valence-electron chi connectivity index (χ4n) is 4.41. The van der Waals surface area contributed by atoms with Crippen LogP contribution in [0, 0.1) is 11.3 Å². The average Bonchev–Trinajstić information content (AvgIpc) is 2.80. The third kappa shape index (κ3) is 1.77. The summed E-state index contributed by atoms with van der Waals surface area (Å²) in [4.78, 5) is 14.7. The molecular formula is C14H24N2O2. The Morgan fingerprint density at radius 2 is 2.06 bits per heavy atom. The van der Waals surface area contributed by atoms with Crippen molar-refractivity contribution in [3.05, 3.63) is 0 Å². The first kappa shape index (κ1) is 12.4. The van der Waals surface area contributed by atoms with Crippen LogP contribution in [0.4, 0.5) is 0 Å².